The van der Waals surface area contributed by atoms with E-state index >= 15 is 0 Å². The van der Waals surface area contributed by atoms with Crippen LogP contribution < -0.4 is 0 Å². The number of fused-ring (bicyclic) bond motifs is 7. The van der Waals surface area contributed by atoms with Gasteiger partial charge in [-0.1, -0.05) is 25.5 Å². The van der Waals surface area contributed by atoms with Crippen LogP contribution in [-0.4, -0.2) is 134 Å². The molecule has 0 aromatic carbocycles. The summed E-state index contributed by atoms with van der Waals surface area (Å²) in [6, 6.07) is 0. The van der Waals surface area contributed by atoms with Crippen LogP contribution in [0.2, 0.25) is 0 Å². The molecule has 4 aliphatic heterocycles. The van der Waals surface area contributed by atoms with Crippen molar-refractivity contribution in [2.75, 3.05) is 19.8 Å². The van der Waals surface area contributed by atoms with Gasteiger partial charge in [0.25, 0.3) is 0 Å². The van der Waals surface area contributed by atoms with Gasteiger partial charge in [-0.25, -0.2) is 0 Å². The molecule has 13 heteroatoms. The van der Waals surface area contributed by atoms with Gasteiger partial charge in [0.2, 0.25) is 0 Å². The molecule has 4 aliphatic carbocycles. The van der Waals surface area contributed by atoms with Gasteiger partial charge in [0.05, 0.1) is 32.0 Å². The van der Waals surface area contributed by atoms with Crippen LogP contribution in [0.4, 0.5) is 0 Å². The molecule has 0 aromatic rings. The average molecular weight is 697 g/mol. The van der Waals surface area contributed by atoms with Crippen molar-refractivity contribution in [1.82, 2.24) is 0 Å². The Kier molecular flexibility index (Phi) is 9.33. The van der Waals surface area contributed by atoms with Crippen molar-refractivity contribution in [1.29, 1.82) is 0 Å². The standard InChI is InChI=1S/C36H56O13/c1-17-35(10-3-4-12-44-35)49-26-14-23-22-7-5-18-13-19(6-8-20(18)21(22)9-11-34(23,2)36(17,26)43)45-33-30(42)31(28(40)25(16-38)47-33)48-32-29(41)27(39)24(15-37)46-32/h5,17,19-33,37-43H,3-4,6-16H2,1-2H3/t17-,19?,20?,21?,22?,23?,24+,25-,26?,27+,28+,29-,30-,31+,32+,33-,34+,35?,36?/m1/s1. The first kappa shape index (κ1) is 35.3. The lowest BCUT2D eigenvalue weighted by Crippen LogP contribution is -2.62. The molecule has 278 valence electrons. The largest absolute Gasteiger partial charge is 0.394 e. The Balaban J connectivity index is 0.934. The molecule has 19 atom stereocenters. The van der Waals surface area contributed by atoms with Crippen LogP contribution in [0.1, 0.15) is 78.1 Å². The molecule has 0 bridgehead atoms. The van der Waals surface area contributed by atoms with Gasteiger partial charge in [0.15, 0.2) is 18.4 Å². The molecule has 4 saturated heterocycles. The first-order valence-corrected chi connectivity index (χ1v) is 18.7. The van der Waals surface area contributed by atoms with Gasteiger partial charge in [-0.2, -0.15) is 0 Å². The van der Waals surface area contributed by atoms with E-state index in [-0.39, 0.29) is 23.5 Å². The van der Waals surface area contributed by atoms with Crippen molar-refractivity contribution >= 4 is 0 Å². The minimum absolute atomic E-state index is 0.0761. The van der Waals surface area contributed by atoms with E-state index in [0.717, 1.165) is 57.8 Å². The third-order valence-corrected chi connectivity index (χ3v) is 14.5. The molecule has 3 saturated carbocycles. The normalized spacial score (nSPS) is 57.0. The Hall–Kier alpha value is -0.780. The van der Waals surface area contributed by atoms with Crippen molar-refractivity contribution in [3.05, 3.63) is 11.6 Å². The van der Waals surface area contributed by atoms with Gasteiger partial charge >= 0.3 is 0 Å². The number of rotatable bonds is 6. The van der Waals surface area contributed by atoms with Gasteiger partial charge in [-0.3, -0.25) is 0 Å². The third kappa shape index (κ3) is 5.28. The Bertz CT molecular complexity index is 1240. The lowest BCUT2D eigenvalue weighted by atomic mass is 9.50. The number of aliphatic hydroxyl groups excluding tert-OH is 6. The zero-order valence-corrected chi connectivity index (χ0v) is 28.6. The fourth-order valence-electron chi connectivity index (χ4n) is 11.8. The maximum atomic E-state index is 12.6. The van der Waals surface area contributed by atoms with Crippen molar-refractivity contribution in [3.8, 4) is 0 Å². The number of hydrogen-bond donors (Lipinski definition) is 7. The molecule has 7 N–H and O–H groups in total. The SMILES string of the molecule is C[C@@H]1C2(CCCCO2)OC2CC3C4CC=C5CC(O[C@@H]6O[C@H](CO)[C@H](O)[C@H](O[C@@H]7O[C@@H](CO)[C@H](O)[C@H]7O)[C@H]6O)CCC5C4CC[C@]3(C)C21O. The lowest BCUT2D eigenvalue weighted by Gasteiger charge is -2.56. The predicted octanol–water partition coefficient (Wildman–Crippen LogP) is 0.480. The van der Waals surface area contributed by atoms with E-state index in [1.54, 1.807) is 0 Å². The summed E-state index contributed by atoms with van der Waals surface area (Å²) in [5.41, 5.74) is 0.229. The van der Waals surface area contributed by atoms with Crippen LogP contribution in [-0.2, 0) is 28.4 Å². The highest BCUT2D eigenvalue weighted by Gasteiger charge is 2.75. The number of hydrogen-bond acceptors (Lipinski definition) is 13. The van der Waals surface area contributed by atoms with Crippen molar-refractivity contribution < 1.29 is 64.2 Å². The molecule has 4 heterocycles. The summed E-state index contributed by atoms with van der Waals surface area (Å²) < 4.78 is 36.3. The Morgan fingerprint density at radius 3 is 2.29 bits per heavy atom. The molecule has 8 rings (SSSR count). The van der Waals surface area contributed by atoms with Gasteiger partial charge in [0, 0.05) is 17.8 Å². The molecule has 8 aliphatic rings. The van der Waals surface area contributed by atoms with E-state index < -0.39 is 79.9 Å². The van der Waals surface area contributed by atoms with Gasteiger partial charge in [-0.15, -0.1) is 0 Å². The summed E-state index contributed by atoms with van der Waals surface area (Å²) in [6.07, 6.45) is -0.963. The number of aliphatic hydroxyl groups is 7. The van der Waals surface area contributed by atoms with Crippen LogP contribution in [0.15, 0.2) is 11.6 Å². The molecule has 1 spiro atoms. The van der Waals surface area contributed by atoms with Crippen molar-refractivity contribution in [2.45, 2.75) is 157 Å². The maximum Gasteiger partial charge on any atom is 0.187 e. The van der Waals surface area contributed by atoms with E-state index in [1.807, 2.05) is 0 Å². The molecule has 13 nitrogen and oxygen atoms in total. The van der Waals surface area contributed by atoms with E-state index in [9.17, 15) is 35.7 Å². The molecule has 7 fully saturated rings. The minimum atomic E-state index is -1.51. The second-order valence-corrected chi connectivity index (χ2v) is 16.6. The zero-order chi connectivity index (χ0) is 34.5. The minimum Gasteiger partial charge on any atom is -0.394 e. The van der Waals surface area contributed by atoms with E-state index in [2.05, 4.69) is 19.9 Å². The highest BCUT2D eigenvalue weighted by Crippen LogP contribution is 2.70. The van der Waals surface area contributed by atoms with Crippen molar-refractivity contribution in [2.24, 2.45) is 35.0 Å². The Morgan fingerprint density at radius 1 is 0.857 bits per heavy atom. The number of allylic oxidation sites excluding steroid dienone is 1. The highest BCUT2D eigenvalue weighted by molar-refractivity contribution is 5.26. The molecular weight excluding hydrogens is 640 g/mol. The summed E-state index contributed by atoms with van der Waals surface area (Å²) in [6.45, 7) is 4.06. The fourth-order valence-corrected chi connectivity index (χ4v) is 11.8. The summed E-state index contributed by atoms with van der Waals surface area (Å²) in [5, 5.41) is 74.5. The Morgan fingerprint density at radius 2 is 1.59 bits per heavy atom. The fraction of sp³-hybridized carbons (Fsp3) is 0.944. The summed E-state index contributed by atoms with van der Waals surface area (Å²) in [7, 11) is 0. The van der Waals surface area contributed by atoms with Gasteiger partial charge in [0.1, 0.15) is 48.3 Å². The summed E-state index contributed by atoms with van der Waals surface area (Å²) in [5.74, 6) is 1.07. The Labute approximate surface area is 287 Å². The van der Waals surface area contributed by atoms with Crippen LogP contribution in [0.5, 0.6) is 0 Å². The van der Waals surface area contributed by atoms with E-state index in [1.165, 1.54) is 5.57 Å². The second-order valence-electron chi connectivity index (χ2n) is 16.6. The van der Waals surface area contributed by atoms with Crippen LogP contribution >= 0.6 is 0 Å². The van der Waals surface area contributed by atoms with Gasteiger partial charge < -0.3 is 64.2 Å². The monoisotopic (exact) mass is 696 g/mol. The smallest absolute Gasteiger partial charge is 0.187 e. The lowest BCUT2D eigenvalue weighted by molar-refractivity contribution is -0.338. The topological polar surface area (TPSA) is 197 Å². The van der Waals surface area contributed by atoms with E-state index in [4.69, 9.17) is 28.4 Å². The van der Waals surface area contributed by atoms with Crippen molar-refractivity contribution in [3.63, 3.8) is 0 Å². The molecule has 0 aromatic heterocycles. The zero-order valence-electron chi connectivity index (χ0n) is 28.6. The van der Waals surface area contributed by atoms with Crippen LogP contribution in [0, 0.1) is 35.0 Å². The second kappa shape index (κ2) is 13.0. The summed E-state index contributed by atoms with van der Waals surface area (Å²) >= 11 is 0. The quantitative estimate of drug-likeness (QED) is 0.190. The van der Waals surface area contributed by atoms with Crippen LogP contribution in [0.25, 0.3) is 0 Å². The van der Waals surface area contributed by atoms with Crippen LogP contribution in [0.3, 0.4) is 0 Å². The first-order valence-electron chi connectivity index (χ1n) is 18.7. The average Bonchev–Trinajstić information content (AvgIpc) is 3.59. The van der Waals surface area contributed by atoms with Gasteiger partial charge in [-0.05, 0) is 81.5 Å². The maximum absolute atomic E-state index is 12.6. The molecular formula is C36H56O13. The van der Waals surface area contributed by atoms with E-state index in [0.29, 0.717) is 36.7 Å². The molecule has 49 heavy (non-hydrogen) atoms. The molecule has 0 amide bonds. The molecule has 0 radical (unpaired) electrons. The molecule has 8 unspecified atom stereocenters. The third-order valence-electron chi connectivity index (χ3n) is 14.5. The first-order chi connectivity index (χ1) is 23.5. The predicted molar refractivity (Wildman–Crippen MR) is 169 cm³/mol. The summed E-state index contributed by atoms with van der Waals surface area (Å²) in [4.78, 5) is 0. The number of ether oxygens (including phenoxy) is 6. The highest BCUT2D eigenvalue weighted by atomic mass is 16.7.